The van der Waals surface area contributed by atoms with Gasteiger partial charge >= 0.3 is 0 Å². The van der Waals surface area contributed by atoms with Crippen LogP contribution >= 0.6 is 15.9 Å². The van der Waals surface area contributed by atoms with Gasteiger partial charge in [-0.15, -0.1) is 0 Å². The molecule has 220 valence electrons. The van der Waals surface area contributed by atoms with Gasteiger partial charge < -0.3 is 19.1 Å². The molecule has 44 heavy (non-hydrogen) atoms. The lowest BCUT2D eigenvalue weighted by atomic mass is 9.77. The minimum Gasteiger partial charge on any atom is -0.496 e. The Hall–Kier alpha value is -4.06. The molecule has 1 unspecified atom stereocenters. The molecule has 3 aliphatic rings. The largest absolute Gasteiger partial charge is 0.496 e. The van der Waals surface area contributed by atoms with E-state index >= 15 is 0 Å². The van der Waals surface area contributed by atoms with E-state index in [9.17, 15) is 0 Å². The Morgan fingerprint density at radius 1 is 0.818 bits per heavy atom. The fourth-order valence-electron chi connectivity index (χ4n) is 7.52. The fraction of sp³-hybridized carbons (Fsp3) is 0.231. The van der Waals surface area contributed by atoms with Crippen molar-refractivity contribution in [1.29, 1.82) is 0 Å². The number of hydrogen-bond donors (Lipinski definition) is 0. The van der Waals surface area contributed by atoms with E-state index in [1.54, 1.807) is 7.11 Å². The number of ether oxygens (including phenoxy) is 3. The summed E-state index contributed by atoms with van der Waals surface area (Å²) in [5.41, 5.74) is 8.76. The molecule has 0 N–H and O–H groups in total. The fourth-order valence-corrected chi connectivity index (χ4v) is 8.06. The van der Waals surface area contributed by atoms with Gasteiger partial charge in [0.1, 0.15) is 11.5 Å². The van der Waals surface area contributed by atoms with Crippen LogP contribution in [-0.2, 0) is 15.8 Å². The topological polar surface area (TPSA) is 30.9 Å². The lowest BCUT2D eigenvalue weighted by Gasteiger charge is -2.39. The zero-order valence-electron chi connectivity index (χ0n) is 25.2. The number of methoxy groups -OCH3 is 1. The highest BCUT2D eigenvalue weighted by Gasteiger charge is 2.44. The lowest BCUT2D eigenvalue weighted by Crippen LogP contribution is -2.37. The molecule has 8 rings (SSSR count). The van der Waals surface area contributed by atoms with Crippen LogP contribution in [0.25, 0.3) is 28.0 Å². The van der Waals surface area contributed by atoms with Crippen molar-refractivity contribution >= 4 is 38.5 Å². The summed E-state index contributed by atoms with van der Waals surface area (Å²) in [6, 6.07) is 32.7. The molecular weight excluding hydrogens is 610 g/mol. The standard InChI is InChI=1S/C39H34BrNO3/c1-38(2)32-11-7-6-10-30(32)35-28-8-4-5-9-29(28)37-31(36(35)38)18-19-39(44-37,26-14-17-34(42-3)33(40)24-26)25-12-15-27(16-13-25)41-20-22-43-23-21-41/h4-19,24H,20-23H2,1-3H3. The Kier molecular flexibility index (Phi) is 6.40. The highest BCUT2D eigenvalue weighted by atomic mass is 79.9. The monoisotopic (exact) mass is 643 g/mol. The first-order valence-corrected chi connectivity index (χ1v) is 16.1. The van der Waals surface area contributed by atoms with Gasteiger partial charge in [0, 0.05) is 46.3 Å². The minimum atomic E-state index is -0.849. The summed E-state index contributed by atoms with van der Waals surface area (Å²) in [7, 11) is 1.69. The quantitative estimate of drug-likeness (QED) is 0.195. The highest BCUT2D eigenvalue weighted by Crippen LogP contribution is 2.58. The van der Waals surface area contributed by atoms with Crippen LogP contribution in [0.2, 0.25) is 0 Å². The molecule has 0 saturated carbocycles. The summed E-state index contributed by atoms with van der Waals surface area (Å²) in [6.07, 6.45) is 4.56. The Bertz CT molecular complexity index is 1960. The van der Waals surface area contributed by atoms with Gasteiger partial charge in [0.05, 0.1) is 24.8 Å². The first kappa shape index (κ1) is 27.5. The molecule has 2 aliphatic heterocycles. The van der Waals surface area contributed by atoms with Crippen LogP contribution in [0.5, 0.6) is 11.5 Å². The molecule has 0 radical (unpaired) electrons. The predicted molar refractivity (Wildman–Crippen MR) is 182 cm³/mol. The average Bonchev–Trinajstić information content (AvgIpc) is 3.32. The van der Waals surface area contributed by atoms with Crippen LogP contribution in [0, 0.1) is 0 Å². The molecule has 1 aliphatic carbocycles. The van der Waals surface area contributed by atoms with Crippen molar-refractivity contribution in [1.82, 2.24) is 0 Å². The maximum absolute atomic E-state index is 7.45. The molecule has 2 heterocycles. The Morgan fingerprint density at radius 2 is 1.52 bits per heavy atom. The second kappa shape index (κ2) is 10.3. The lowest BCUT2D eigenvalue weighted by molar-refractivity contribution is 0.122. The van der Waals surface area contributed by atoms with Gasteiger partial charge in [-0.3, -0.25) is 0 Å². The second-order valence-corrected chi connectivity index (χ2v) is 13.2. The number of hydrogen-bond acceptors (Lipinski definition) is 4. The van der Waals surface area contributed by atoms with E-state index < -0.39 is 5.60 Å². The van der Waals surface area contributed by atoms with E-state index in [1.807, 2.05) is 6.07 Å². The third-order valence-electron chi connectivity index (χ3n) is 9.70. The smallest absolute Gasteiger partial charge is 0.178 e. The van der Waals surface area contributed by atoms with Crippen molar-refractivity contribution < 1.29 is 14.2 Å². The summed E-state index contributed by atoms with van der Waals surface area (Å²) in [6.45, 7) is 7.99. The second-order valence-electron chi connectivity index (χ2n) is 12.4. The van der Waals surface area contributed by atoms with E-state index in [-0.39, 0.29) is 5.41 Å². The Morgan fingerprint density at radius 3 is 2.27 bits per heavy atom. The molecule has 0 bridgehead atoms. The average molecular weight is 645 g/mol. The van der Waals surface area contributed by atoms with Crippen LogP contribution in [0.3, 0.4) is 0 Å². The molecule has 5 aromatic carbocycles. The minimum absolute atomic E-state index is 0.170. The van der Waals surface area contributed by atoms with Gasteiger partial charge in [-0.25, -0.2) is 0 Å². The van der Waals surface area contributed by atoms with Crippen LogP contribution in [0.4, 0.5) is 5.69 Å². The Balaban J connectivity index is 1.36. The molecule has 0 amide bonds. The number of fused-ring (bicyclic) bond motifs is 8. The van der Waals surface area contributed by atoms with Crippen LogP contribution in [0.15, 0.2) is 102 Å². The molecular formula is C39H34BrNO3. The van der Waals surface area contributed by atoms with Gasteiger partial charge in [-0.2, -0.15) is 0 Å². The maximum atomic E-state index is 7.45. The zero-order valence-corrected chi connectivity index (χ0v) is 26.8. The first-order chi connectivity index (χ1) is 21.4. The van der Waals surface area contributed by atoms with Crippen molar-refractivity contribution in [2.24, 2.45) is 0 Å². The molecule has 1 fully saturated rings. The molecule has 5 heteroatoms. The number of nitrogens with zero attached hydrogens (tertiary/aromatic N) is 1. The molecule has 5 aromatic rings. The van der Waals surface area contributed by atoms with E-state index in [4.69, 9.17) is 14.2 Å². The number of rotatable bonds is 4. The molecule has 1 saturated heterocycles. The zero-order chi connectivity index (χ0) is 30.1. The highest BCUT2D eigenvalue weighted by molar-refractivity contribution is 9.10. The summed E-state index contributed by atoms with van der Waals surface area (Å²) >= 11 is 3.75. The summed E-state index contributed by atoms with van der Waals surface area (Å²) < 4.78 is 19.5. The summed E-state index contributed by atoms with van der Waals surface area (Å²) in [5.74, 6) is 1.71. The number of halogens is 1. The van der Waals surface area contributed by atoms with Gasteiger partial charge in [0.25, 0.3) is 0 Å². The van der Waals surface area contributed by atoms with Crippen LogP contribution in [-0.4, -0.2) is 33.4 Å². The van der Waals surface area contributed by atoms with Crippen molar-refractivity contribution in [2.45, 2.75) is 24.9 Å². The maximum Gasteiger partial charge on any atom is 0.178 e. The van der Waals surface area contributed by atoms with Crippen molar-refractivity contribution in [2.75, 3.05) is 38.3 Å². The number of morpholine rings is 1. The predicted octanol–water partition coefficient (Wildman–Crippen LogP) is 9.10. The molecule has 4 nitrogen and oxygen atoms in total. The van der Waals surface area contributed by atoms with Crippen LogP contribution < -0.4 is 14.4 Å². The van der Waals surface area contributed by atoms with Crippen LogP contribution in [0.1, 0.15) is 41.7 Å². The SMILES string of the molecule is COc1ccc(C2(c3ccc(N4CCOCC4)cc3)C=Cc3c4c(c5ccccc5c3O2)-c2ccccc2C4(C)C)cc1Br. The Labute approximate surface area is 267 Å². The van der Waals surface area contributed by atoms with Crippen molar-refractivity contribution in [3.8, 4) is 22.6 Å². The van der Waals surface area contributed by atoms with Crippen molar-refractivity contribution in [3.05, 3.63) is 129 Å². The van der Waals surface area contributed by atoms with E-state index in [1.165, 1.54) is 33.3 Å². The molecule has 0 aromatic heterocycles. The van der Waals surface area contributed by atoms with Gasteiger partial charge in [0.2, 0.25) is 0 Å². The summed E-state index contributed by atoms with van der Waals surface area (Å²) in [4.78, 5) is 2.38. The molecule has 0 spiro atoms. The first-order valence-electron chi connectivity index (χ1n) is 15.3. The van der Waals surface area contributed by atoms with Gasteiger partial charge in [0.15, 0.2) is 5.60 Å². The third kappa shape index (κ3) is 3.99. The van der Waals surface area contributed by atoms with Gasteiger partial charge in [-0.1, -0.05) is 86.7 Å². The summed E-state index contributed by atoms with van der Waals surface area (Å²) in [5, 5.41) is 2.35. The number of anilines is 1. The normalized spacial score (nSPS) is 19.7. The third-order valence-corrected chi connectivity index (χ3v) is 10.3. The van der Waals surface area contributed by atoms with Gasteiger partial charge in [-0.05, 0) is 73.9 Å². The number of benzene rings is 5. The van der Waals surface area contributed by atoms with E-state index in [0.717, 1.165) is 64.4 Å². The molecule has 1 atom stereocenters. The van der Waals surface area contributed by atoms with E-state index in [0.29, 0.717) is 0 Å². The van der Waals surface area contributed by atoms with Crippen molar-refractivity contribution in [3.63, 3.8) is 0 Å². The van der Waals surface area contributed by atoms with E-state index in [2.05, 4.69) is 132 Å².